The Morgan fingerprint density at radius 2 is 2.04 bits per heavy atom. The van der Waals surface area contributed by atoms with Crippen LogP contribution in [0.3, 0.4) is 0 Å². The van der Waals surface area contributed by atoms with Crippen LogP contribution in [0.25, 0.3) is 0 Å². The number of hydrogen-bond acceptors (Lipinski definition) is 5. The van der Waals surface area contributed by atoms with Crippen molar-refractivity contribution >= 4 is 29.2 Å². The minimum absolute atomic E-state index is 0.202. The summed E-state index contributed by atoms with van der Waals surface area (Å²) < 4.78 is 18.7. The van der Waals surface area contributed by atoms with E-state index in [4.69, 9.17) is 16.1 Å². The molecule has 0 spiro atoms. The van der Waals surface area contributed by atoms with Gasteiger partial charge in [-0.2, -0.15) is 0 Å². The van der Waals surface area contributed by atoms with Gasteiger partial charge in [0.25, 0.3) is 0 Å². The van der Waals surface area contributed by atoms with Gasteiger partial charge in [-0.25, -0.2) is 4.39 Å². The average Bonchev–Trinajstić information content (AvgIpc) is 3.03. The van der Waals surface area contributed by atoms with Gasteiger partial charge < -0.3 is 9.42 Å². The number of halogens is 2. The predicted molar refractivity (Wildman–Crippen MR) is 93.1 cm³/mol. The number of anilines is 1. The first-order chi connectivity index (χ1) is 12.4. The number of nitrogens with zero attached hydrogens (tertiary/aromatic N) is 3. The van der Waals surface area contributed by atoms with Crippen molar-refractivity contribution in [1.82, 2.24) is 15.0 Å². The van der Waals surface area contributed by atoms with Crippen LogP contribution in [-0.2, 0) is 16.1 Å². The number of rotatable bonds is 3. The lowest BCUT2D eigenvalue weighted by molar-refractivity contribution is -0.144. The summed E-state index contributed by atoms with van der Waals surface area (Å²) in [4.78, 5) is 27.7. The van der Waals surface area contributed by atoms with Gasteiger partial charge in [-0.1, -0.05) is 22.8 Å². The zero-order valence-corrected chi connectivity index (χ0v) is 14.9. The molecule has 0 saturated carbocycles. The third-order valence-corrected chi connectivity index (χ3v) is 4.52. The molecule has 0 radical (unpaired) electrons. The topological polar surface area (TPSA) is 78.7 Å². The lowest BCUT2D eigenvalue weighted by atomic mass is 10.2. The molecule has 2 aromatic rings. The average molecular weight is 381 g/mol. The Balaban J connectivity index is 1.53. The number of nitrogens with one attached hydrogen (secondary N) is 1. The van der Waals surface area contributed by atoms with E-state index in [1.165, 1.54) is 17.0 Å². The highest BCUT2D eigenvalue weighted by Crippen LogP contribution is 2.21. The zero-order valence-electron chi connectivity index (χ0n) is 14.2. The van der Waals surface area contributed by atoms with Gasteiger partial charge in [-0.15, -0.1) is 0 Å². The molecule has 9 heteroatoms. The van der Waals surface area contributed by atoms with Crippen LogP contribution in [0.5, 0.6) is 0 Å². The summed E-state index contributed by atoms with van der Waals surface area (Å²) in [6.07, 6.45) is 0. The summed E-state index contributed by atoms with van der Waals surface area (Å²) >= 11 is 6.05. The van der Waals surface area contributed by atoms with E-state index < -0.39 is 11.8 Å². The normalized spacial score (nSPS) is 15.1. The summed E-state index contributed by atoms with van der Waals surface area (Å²) in [7, 11) is 0. The molecule has 0 unspecified atom stereocenters. The molecule has 0 atom stereocenters. The van der Waals surface area contributed by atoms with E-state index >= 15 is 0 Å². The van der Waals surface area contributed by atoms with Gasteiger partial charge in [0.05, 0.1) is 0 Å². The quantitative estimate of drug-likeness (QED) is 0.824. The first-order valence-corrected chi connectivity index (χ1v) is 8.50. The largest absolute Gasteiger partial charge is 0.360 e. The van der Waals surface area contributed by atoms with Gasteiger partial charge in [0.15, 0.2) is 5.82 Å². The fourth-order valence-corrected chi connectivity index (χ4v) is 2.98. The van der Waals surface area contributed by atoms with Crippen LogP contribution in [0, 0.1) is 12.7 Å². The lowest BCUT2D eigenvalue weighted by Gasteiger charge is -2.34. The molecular formula is C17H18ClFN4O3. The molecule has 1 aliphatic heterocycles. The van der Waals surface area contributed by atoms with Gasteiger partial charge in [0.2, 0.25) is 0 Å². The highest BCUT2D eigenvalue weighted by molar-refractivity contribution is 6.39. The van der Waals surface area contributed by atoms with Crippen LogP contribution in [-0.4, -0.2) is 52.9 Å². The maximum Gasteiger partial charge on any atom is 0.315 e. The van der Waals surface area contributed by atoms with Crippen molar-refractivity contribution in [3.05, 3.63) is 46.4 Å². The highest BCUT2D eigenvalue weighted by atomic mass is 35.5. The number of aryl methyl sites for hydroxylation is 1. The number of carbonyl (C=O) groups excluding carboxylic acids is 2. The van der Waals surface area contributed by atoms with Crippen LogP contribution in [0.15, 0.2) is 28.8 Å². The molecule has 0 bridgehead atoms. The summed E-state index contributed by atoms with van der Waals surface area (Å²) in [5.41, 5.74) is 0.438. The second-order valence-corrected chi connectivity index (χ2v) is 6.45. The van der Waals surface area contributed by atoms with Crippen LogP contribution >= 0.6 is 11.6 Å². The van der Waals surface area contributed by atoms with Gasteiger partial charge >= 0.3 is 11.8 Å². The first kappa shape index (κ1) is 18.3. The maximum atomic E-state index is 13.9. The van der Waals surface area contributed by atoms with Crippen molar-refractivity contribution in [2.24, 2.45) is 0 Å². The number of amides is 2. The Morgan fingerprint density at radius 3 is 2.65 bits per heavy atom. The van der Waals surface area contributed by atoms with Crippen LogP contribution in [0.1, 0.15) is 11.3 Å². The van der Waals surface area contributed by atoms with Crippen LogP contribution in [0.4, 0.5) is 10.2 Å². The molecule has 2 amide bonds. The summed E-state index contributed by atoms with van der Waals surface area (Å²) in [6.45, 7) is 3.83. The van der Waals surface area contributed by atoms with Crippen LogP contribution < -0.4 is 5.32 Å². The van der Waals surface area contributed by atoms with Crippen LogP contribution in [0.2, 0.25) is 5.02 Å². The standard InChI is InChI=1S/C17H18ClFN4O3/c1-11-9-15(21-26-11)20-16(24)17(25)23-7-5-22(6-8-23)10-12-13(18)3-2-4-14(12)19/h2-4,9H,5-8,10H2,1H3,(H,20,21,24). The van der Waals surface area contributed by atoms with E-state index in [9.17, 15) is 14.0 Å². The molecule has 1 aromatic heterocycles. The Labute approximate surface area is 154 Å². The fourth-order valence-electron chi connectivity index (χ4n) is 2.75. The number of hydrogen-bond donors (Lipinski definition) is 1. The van der Waals surface area contributed by atoms with Gasteiger partial charge in [-0.3, -0.25) is 19.8 Å². The molecule has 3 rings (SSSR count). The van der Waals surface area contributed by atoms with Crippen molar-refractivity contribution < 1.29 is 18.5 Å². The van der Waals surface area contributed by atoms with Crippen molar-refractivity contribution in [1.29, 1.82) is 0 Å². The van der Waals surface area contributed by atoms with E-state index in [1.807, 2.05) is 4.90 Å². The summed E-state index contributed by atoms with van der Waals surface area (Å²) in [6, 6.07) is 6.11. The number of aromatic nitrogens is 1. The van der Waals surface area contributed by atoms with Crippen molar-refractivity contribution in [2.75, 3.05) is 31.5 Å². The molecule has 1 aliphatic rings. The third-order valence-electron chi connectivity index (χ3n) is 4.17. The zero-order chi connectivity index (χ0) is 18.7. The molecular weight excluding hydrogens is 363 g/mol. The SMILES string of the molecule is Cc1cc(NC(=O)C(=O)N2CCN(Cc3c(F)cccc3Cl)CC2)no1. The summed E-state index contributed by atoms with van der Waals surface area (Å²) in [5.74, 6) is -1.00. The second kappa shape index (κ2) is 7.84. The van der Waals surface area contributed by atoms with E-state index in [-0.39, 0.29) is 11.6 Å². The Bertz CT molecular complexity index is 798. The number of piperazine rings is 1. The Hall–Kier alpha value is -2.45. The van der Waals surface area contributed by atoms with Gasteiger partial charge in [-0.05, 0) is 19.1 Å². The molecule has 26 heavy (non-hydrogen) atoms. The second-order valence-electron chi connectivity index (χ2n) is 6.05. The minimum Gasteiger partial charge on any atom is -0.360 e. The van der Waals surface area contributed by atoms with Crippen molar-refractivity contribution in [3.63, 3.8) is 0 Å². The van der Waals surface area contributed by atoms with E-state index in [2.05, 4.69) is 10.5 Å². The smallest absolute Gasteiger partial charge is 0.315 e. The molecule has 1 saturated heterocycles. The van der Waals surface area contributed by atoms with Crippen molar-refractivity contribution in [2.45, 2.75) is 13.5 Å². The first-order valence-electron chi connectivity index (χ1n) is 8.13. The molecule has 1 N–H and O–H groups in total. The monoisotopic (exact) mass is 380 g/mol. The summed E-state index contributed by atoms with van der Waals surface area (Å²) in [5, 5.41) is 6.42. The van der Waals surface area contributed by atoms with E-state index in [0.29, 0.717) is 49.1 Å². The minimum atomic E-state index is -0.760. The highest BCUT2D eigenvalue weighted by Gasteiger charge is 2.27. The van der Waals surface area contributed by atoms with E-state index in [1.54, 1.807) is 19.1 Å². The third kappa shape index (κ3) is 4.20. The molecule has 0 aliphatic carbocycles. The maximum absolute atomic E-state index is 13.9. The Kier molecular flexibility index (Phi) is 5.53. The molecule has 1 fully saturated rings. The lowest BCUT2D eigenvalue weighted by Crippen LogP contribution is -2.51. The van der Waals surface area contributed by atoms with E-state index in [0.717, 1.165) is 0 Å². The Morgan fingerprint density at radius 1 is 1.31 bits per heavy atom. The number of carbonyl (C=O) groups is 2. The van der Waals surface area contributed by atoms with Crippen molar-refractivity contribution in [3.8, 4) is 0 Å². The molecule has 138 valence electrons. The fraction of sp³-hybridized carbons (Fsp3) is 0.353. The van der Waals surface area contributed by atoms with Gasteiger partial charge in [0, 0.05) is 49.4 Å². The number of benzene rings is 1. The molecule has 2 heterocycles. The predicted octanol–water partition coefficient (Wildman–Crippen LogP) is 2.06. The molecule has 1 aromatic carbocycles. The molecule has 7 nitrogen and oxygen atoms in total. The van der Waals surface area contributed by atoms with Gasteiger partial charge in [0.1, 0.15) is 11.6 Å².